The Labute approximate surface area is 148 Å². The van der Waals surface area contributed by atoms with Gasteiger partial charge in [0.1, 0.15) is 6.04 Å². The van der Waals surface area contributed by atoms with Gasteiger partial charge in [0.2, 0.25) is 5.78 Å². The third-order valence-electron chi connectivity index (χ3n) is 5.86. The van der Waals surface area contributed by atoms with Crippen LogP contribution in [0, 0.1) is 13.8 Å². The largest absolute Gasteiger partial charge is 0.358 e. The lowest BCUT2D eigenvalue weighted by atomic mass is 9.97. The predicted molar refractivity (Wildman–Crippen MR) is 96.1 cm³/mol. The van der Waals surface area contributed by atoms with E-state index in [4.69, 9.17) is 9.47 Å². The number of Topliss-reactive ketones (excluding diaryl/α,β-unsaturated/α-hetero) is 1. The van der Waals surface area contributed by atoms with Crippen LogP contribution in [0.15, 0.2) is 18.2 Å². The highest BCUT2D eigenvalue weighted by Gasteiger charge is 2.44. The molecule has 2 fully saturated rings. The molecule has 0 saturated carbocycles. The average Bonchev–Trinajstić information content (AvgIpc) is 3.17. The summed E-state index contributed by atoms with van der Waals surface area (Å²) in [5.74, 6) is -0.146. The van der Waals surface area contributed by atoms with Gasteiger partial charge in [-0.25, -0.2) is 0 Å². The zero-order valence-electron chi connectivity index (χ0n) is 15.3. The molecule has 5 nitrogen and oxygen atoms in total. The summed E-state index contributed by atoms with van der Waals surface area (Å²) in [6.45, 7) is 9.32. The molecule has 1 aromatic carbocycles. The third-order valence-corrected chi connectivity index (χ3v) is 5.86. The van der Waals surface area contributed by atoms with Gasteiger partial charge in [-0.2, -0.15) is 0 Å². The smallest absolute Gasteiger partial charge is 0.222 e. The molecule has 2 saturated heterocycles. The first-order valence-corrected chi connectivity index (χ1v) is 9.25. The minimum atomic E-state index is -0.375. The number of nitrogens with one attached hydrogen (secondary N) is 2. The van der Waals surface area contributed by atoms with E-state index >= 15 is 0 Å². The number of carbonyl (C=O) groups is 1. The molecular formula is C20H27N2O3+. The van der Waals surface area contributed by atoms with Crippen molar-refractivity contribution in [1.82, 2.24) is 4.98 Å². The van der Waals surface area contributed by atoms with E-state index in [0.29, 0.717) is 13.2 Å². The number of aryl methyl sites for hydroxylation is 2. The van der Waals surface area contributed by atoms with Crippen LogP contribution in [0.3, 0.4) is 0 Å². The molecule has 0 radical (unpaired) electrons. The van der Waals surface area contributed by atoms with E-state index in [1.54, 1.807) is 0 Å². The Kier molecular flexibility index (Phi) is 4.18. The Hall–Kier alpha value is -1.69. The fourth-order valence-electron chi connectivity index (χ4n) is 4.34. The summed E-state index contributed by atoms with van der Waals surface area (Å²) >= 11 is 0. The number of carbonyl (C=O) groups excluding carboxylic acids is 1. The Morgan fingerprint density at radius 1 is 1.20 bits per heavy atom. The summed E-state index contributed by atoms with van der Waals surface area (Å²) in [4.78, 5) is 17.9. The molecule has 25 heavy (non-hydrogen) atoms. The van der Waals surface area contributed by atoms with E-state index < -0.39 is 0 Å². The van der Waals surface area contributed by atoms with E-state index in [-0.39, 0.29) is 17.6 Å². The van der Waals surface area contributed by atoms with Gasteiger partial charge in [-0.3, -0.25) is 4.79 Å². The Bertz CT molecular complexity index is 795. The summed E-state index contributed by atoms with van der Waals surface area (Å²) in [5.41, 5.74) is 4.06. The monoisotopic (exact) mass is 343 g/mol. The van der Waals surface area contributed by atoms with Crippen molar-refractivity contribution in [2.24, 2.45) is 0 Å². The first kappa shape index (κ1) is 16.8. The number of hydrogen-bond donors (Lipinski definition) is 2. The SMILES string of the molecule is Cc1ccc2c(C(=O)[C@@H](C)[NH+]3CCC4(CC3)OCCO4)c(C)[nH]c2c1. The van der Waals surface area contributed by atoms with E-state index in [1.807, 2.05) is 6.92 Å². The molecule has 0 aliphatic carbocycles. The van der Waals surface area contributed by atoms with Gasteiger partial charge in [0.05, 0.1) is 44.7 Å². The van der Waals surface area contributed by atoms with Crippen LogP contribution in [0.5, 0.6) is 0 Å². The molecule has 0 bridgehead atoms. The summed E-state index contributed by atoms with van der Waals surface area (Å²) < 4.78 is 11.6. The van der Waals surface area contributed by atoms with Crippen LogP contribution in [-0.2, 0) is 9.47 Å². The number of H-pyrrole nitrogens is 1. The molecule has 5 heteroatoms. The van der Waals surface area contributed by atoms with Crippen LogP contribution in [0.25, 0.3) is 10.9 Å². The van der Waals surface area contributed by atoms with Crippen molar-refractivity contribution in [3.63, 3.8) is 0 Å². The molecule has 3 heterocycles. The second-order valence-electron chi connectivity index (χ2n) is 7.53. The molecule has 1 spiro atoms. The average molecular weight is 343 g/mol. The topological polar surface area (TPSA) is 55.8 Å². The summed E-state index contributed by atoms with van der Waals surface area (Å²) in [7, 11) is 0. The number of ether oxygens (including phenoxy) is 2. The number of aromatic amines is 1. The molecule has 4 rings (SSSR count). The standard InChI is InChI=1S/C20H26N2O3/c1-13-4-5-16-17(12-13)21-14(2)18(16)19(23)15(3)22-8-6-20(7-9-22)24-10-11-25-20/h4-5,12,15,21H,6-11H2,1-3H3/p+1/t15-/m1/s1. The van der Waals surface area contributed by atoms with Crippen molar-refractivity contribution >= 4 is 16.7 Å². The van der Waals surface area contributed by atoms with E-state index in [2.05, 4.69) is 37.0 Å². The lowest BCUT2D eigenvalue weighted by Gasteiger charge is -2.37. The number of likely N-dealkylation sites (tertiary alicyclic amines) is 1. The van der Waals surface area contributed by atoms with Crippen molar-refractivity contribution in [2.45, 2.75) is 45.4 Å². The first-order valence-electron chi connectivity index (χ1n) is 9.25. The fourth-order valence-corrected chi connectivity index (χ4v) is 4.34. The van der Waals surface area contributed by atoms with Crippen molar-refractivity contribution in [3.8, 4) is 0 Å². The molecule has 2 aliphatic rings. The molecule has 134 valence electrons. The molecule has 1 aromatic heterocycles. The van der Waals surface area contributed by atoms with Crippen LogP contribution in [0.1, 0.15) is 41.4 Å². The van der Waals surface area contributed by atoms with E-state index in [0.717, 1.165) is 48.1 Å². The van der Waals surface area contributed by atoms with Crippen LogP contribution in [0.2, 0.25) is 0 Å². The van der Waals surface area contributed by atoms with Gasteiger partial charge < -0.3 is 19.4 Å². The molecule has 2 aromatic rings. The maximum atomic E-state index is 13.2. The number of ketones is 1. The van der Waals surface area contributed by atoms with Gasteiger partial charge in [0, 0.05) is 16.6 Å². The summed E-state index contributed by atoms with van der Waals surface area (Å²) in [6.07, 6.45) is 1.73. The lowest BCUT2D eigenvalue weighted by Crippen LogP contribution is -3.17. The molecule has 2 aliphatic heterocycles. The highest BCUT2D eigenvalue weighted by atomic mass is 16.7. The Morgan fingerprint density at radius 2 is 1.88 bits per heavy atom. The van der Waals surface area contributed by atoms with E-state index in [9.17, 15) is 4.79 Å². The quantitative estimate of drug-likeness (QED) is 0.836. The number of fused-ring (bicyclic) bond motifs is 1. The lowest BCUT2D eigenvalue weighted by molar-refractivity contribution is -0.921. The summed E-state index contributed by atoms with van der Waals surface area (Å²) in [6, 6.07) is 6.19. The van der Waals surface area contributed by atoms with E-state index in [1.165, 1.54) is 10.5 Å². The van der Waals surface area contributed by atoms with Crippen LogP contribution < -0.4 is 4.90 Å². The van der Waals surface area contributed by atoms with Crippen LogP contribution in [0.4, 0.5) is 0 Å². The minimum Gasteiger partial charge on any atom is -0.358 e. The number of piperidine rings is 1. The number of quaternary nitrogens is 1. The maximum Gasteiger partial charge on any atom is 0.222 e. The van der Waals surface area contributed by atoms with Gasteiger partial charge in [-0.1, -0.05) is 12.1 Å². The normalized spacial score (nSPS) is 21.9. The number of hydrogen-bond acceptors (Lipinski definition) is 3. The van der Waals surface area contributed by atoms with Crippen molar-refractivity contribution < 1.29 is 19.2 Å². The minimum absolute atomic E-state index is 0.0576. The van der Waals surface area contributed by atoms with Crippen LogP contribution in [-0.4, -0.2) is 48.9 Å². The highest BCUT2D eigenvalue weighted by Crippen LogP contribution is 2.28. The molecule has 0 amide bonds. The van der Waals surface area contributed by atoms with Crippen LogP contribution >= 0.6 is 0 Å². The first-order chi connectivity index (χ1) is 12.0. The van der Waals surface area contributed by atoms with Crippen molar-refractivity contribution in [1.29, 1.82) is 0 Å². The Balaban J connectivity index is 1.54. The van der Waals surface area contributed by atoms with Crippen molar-refractivity contribution in [2.75, 3.05) is 26.3 Å². The van der Waals surface area contributed by atoms with Gasteiger partial charge in [0.25, 0.3) is 0 Å². The molecule has 1 atom stereocenters. The highest BCUT2D eigenvalue weighted by molar-refractivity contribution is 6.11. The number of aromatic nitrogens is 1. The number of benzene rings is 1. The van der Waals surface area contributed by atoms with Gasteiger partial charge in [-0.15, -0.1) is 0 Å². The molecular weight excluding hydrogens is 316 g/mol. The second-order valence-corrected chi connectivity index (χ2v) is 7.53. The third kappa shape index (κ3) is 2.90. The maximum absolute atomic E-state index is 13.2. The fraction of sp³-hybridized carbons (Fsp3) is 0.550. The van der Waals surface area contributed by atoms with Gasteiger partial charge >= 0.3 is 0 Å². The molecule has 0 unspecified atom stereocenters. The Morgan fingerprint density at radius 3 is 2.56 bits per heavy atom. The number of rotatable bonds is 3. The summed E-state index contributed by atoms with van der Waals surface area (Å²) in [5, 5.41) is 1.04. The predicted octanol–water partition coefficient (Wildman–Crippen LogP) is 1.78. The zero-order chi connectivity index (χ0) is 17.6. The van der Waals surface area contributed by atoms with Gasteiger partial charge in [0.15, 0.2) is 5.79 Å². The molecule has 2 N–H and O–H groups in total. The van der Waals surface area contributed by atoms with Gasteiger partial charge in [-0.05, 0) is 32.4 Å². The zero-order valence-corrected chi connectivity index (χ0v) is 15.3. The van der Waals surface area contributed by atoms with Crippen molar-refractivity contribution in [3.05, 3.63) is 35.0 Å². The second kappa shape index (κ2) is 6.24.